The molecule has 1 aromatic carbocycles. The lowest BCUT2D eigenvalue weighted by molar-refractivity contribution is -0.150. The van der Waals surface area contributed by atoms with Gasteiger partial charge in [0.05, 0.1) is 24.5 Å². The van der Waals surface area contributed by atoms with Crippen LogP contribution in [0.2, 0.25) is 0 Å². The summed E-state index contributed by atoms with van der Waals surface area (Å²) in [7, 11) is 0. The first-order chi connectivity index (χ1) is 13.6. The number of hydrogen-bond donors (Lipinski definition) is 1. The van der Waals surface area contributed by atoms with E-state index in [-0.39, 0.29) is 17.4 Å². The van der Waals surface area contributed by atoms with Crippen LogP contribution in [-0.2, 0) is 16.1 Å². The van der Waals surface area contributed by atoms with E-state index in [0.717, 1.165) is 34.7 Å². The number of nitrogens with zero attached hydrogens (tertiary/aromatic N) is 2. The third kappa shape index (κ3) is 4.00. The number of ether oxygens (including phenoxy) is 1. The maximum atomic E-state index is 12.6. The van der Waals surface area contributed by atoms with Crippen LogP contribution in [-0.4, -0.2) is 40.5 Å². The largest absolute Gasteiger partial charge is 0.466 e. The quantitative estimate of drug-likeness (QED) is 0.668. The van der Waals surface area contributed by atoms with Crippen LogP contribution < -0.4 is 5.56 Å². The Hall–Kier alpha value is -2.51. The Labute approximate surface area is 167 Å². The minimum Gasteiger partial charge on any atom is -0.466 e. The summed E-state index contributed by atoms with van der Waals surface area (Å²) in [6.07, 6.45) is 1.79. The Morgan fingerprint density at radius 2 is 2.18 bits per heavy atom. The van der Waals surface area contributed by atoms with E-state index >= 15 is 0 Å². The zero-order valence-electron chi connectivity index (χ0n) is 15.8. The number of nitrogens with one attached hydrogen (secondary N) is 1. The van der Waals surface area contributed by atoms with Gasteiger partial charge in [-0.25, -0.2) is 4.98 Å². The van der Waals surface area contributed by atoms with Crippen molar-refractivity contribution < 1.29 is 9.53 Å². The van der Waals surface area contributed by atoms with Crippen LogP contribution in [0.25, 0.3) is 20.7 Å². The number of piperidine rings is 1. The highest BCUT2D eigenvalue weighted by molar-refractivity contribution is 7.21. The second-order valence-corrected chi connectivity index (χ2v) is 8.07. The summed E-state index contributed by atoms with van der Waals surface area (Å²) in [6.45, 7) is 4.29. The zero-order valence-corrected chi connectivity index (χ0v) is 16.6. The number of aromatic amines is 1. The topological polar surface area (TPSA) is 75.3 Å². The number of hydrogen-bond acceptors (Lipinski definition) is 6. The Morgan fingerprint density at radius 1 is 1.36 bits per heavy atom. The highest BCUT2D eigenvalue weighted by Gasteiger charge is 2.27. The van der Waals surface area contributed by atoms with E-state index in [1.54, 1.807) is 0 Å². The van der Waals surface area contributed by atoms with E-state index in [4.69, 9.17) is 4.74 Å². The first kappa shape index (κ1) is 18.8. The Morgan fingerprint density at radius 3 is 2.96 bits per heavy atom. The van der Waals surface area contributed by atoms with Crippen LogP contribution in [0.15, 0.2) is 41.2 Å². The van der Waals surface area contributed by atoms with Gasteiger partial charge in [-0.3, -0.25) is 14.5 Å². The molecule has 1 atom stereocenters. The van der Waals surface area contributed by atoms with Gasteiger partial charge in [0.25, 0.3) is 5.56 Å². The van der Waals surface area contributed by atoms with Gasteiger partial charge in [-0.2, -0.15) is 0 Å². The van der Waals surface area contributed by atoms with Gasteiger partial charge in [0.1, 0.15) is 10.7 Å². The SMILES string of the molecule is CCOC(=O)[C@@H]1CCCN(Cc2nc3sc(-c4ccccc4)cc3c(=O)[nH]2)C1. The van der Waals surface area contributed by atoms with Crippen LogP contribution in [0.1, 0.15) is 25.6 Å². The smallest absolute Gasteiger partial charge is 0.310 e. The van der Waals surface area contributed by atoms with Gasteiger partial charge < -0.3 is 9.72 Å². The number of carbonyl (C=O) groups is 1. The summed E-state index contributed by atoms with van der Waals surface area (Å²) < 4.78 is 5.16. The second-order valence-electron chi connectivity index (χ2n) is 7.03. The molecule has 0 aliphatic carbocycles. The zero-order chi connectivity index (χ0) is 19.5. The molecule has 7 heteroatoms. The molecule has 0 radical (unpaired) electrons. The molecule has 0 spiro atoms. The summed E-state index contributed by atoms with van der Waals surface area (Å²) >= 11 is 1.53. The number of benzene rings is 1. The monoisotopic (exact) mass is 397 g/mol. The van der Waals surface area contributed by atoms with E-state index in [2.05, 4.69) is 14.9 Å². The average Bonchev–Trinajstić information content (AvgIpc) is 3.14. The maximum absolute atomic E-state index is 12.6. The number of H-pyrrole nitrogens is 1. The van der Waals surface area contributed by atoms with Crippen molar-refractivity contribution in [3.8, 4) is 10.4 Å². The molecule has 2 aromatic heterocycles. The predicted molar refractivity (Wildman–Crippen MR) is 110 cm³/mol. The van der Waals surface area contributed by atoms with Crippen LogP contribution in [0.4, 0.5) is 0 Å². The molecule has 1 fully saturated rings. The van der Waals surface area contributed by atoms with E-state index in [1.165, 1.54) is 11.3 Å². The second kappa shape index (κ2) is 8.24. The van der Waals surface area contributed by atoms with Gasteiger partial charge in [0.2, 0.25) is 0 Å². The molecule has 1 aliphatic heterocycles. The van der Waals surface area contributed by atoms with Crippen molar-refractivity contribution in [2.45, 2.75) is 26.3 Å². The molecule has 28 heavy (non-hydrogen) atoms. The fourth-order valence-corrected chi connectivity index (χ4v) is 4.72. The molecule has 1 N–H and O–H groups in total. The Balaban J connectivity index is 1.54. The molecule has 1 aliphatic rings. The molecule has 3 aromatic rings. The van der Waals surface area contributed by atoms with Crippen molar-refractivity contribution in [2.75, 3.05) is 19.7 Å². The van der Waals surface area contributed by atoms with Crippen molar-refractivity contribution in [1.82, 2.24) is 14.9 Å². The lowest BCUT2D eigenvalue weighted by Gasteiger charge is -2.30. The van der Waals surface area contributed by atoms with Crippen molar-refractivity contribution in [2.24, 2.45) is 5.92 Å². The van der Waals surface area contributed by atoms with Crippen LogP contribution in [0.5, 0.6) is 0 Å². The van der Waals surface area contributed by atoms with E-state index in [1.807, 2.05) is 43.3 Å². The average molecular weight is 398 g/mol. The highest BCUT2D eigenvalue weighted by atomic mass is 32.1. The highest BCUT2D eigenvalue weighted by Crippen LogP contribution is 2.30. The molecule has 0 unspecified atom stereocenters. The lowest BCUT2D eigenvalue weighted by Crippen LogP contribution is -2.39. The minimum atomic E-state index is -0.130. The Kier molecular flexibility index (Phi) is 5.54. The van der Waals surface area contributed by atoms with Gasteiger partial charge in [-0.05, 0) is 37.9 Å². The number of fused-ring (bicyclic) bond motifs is 1. The number of esters is 1. The number of aromatic nitrogens is 2. The number of carbonyl (C=O) groups excluding carboxylic acids is 1. The minimum absolute atomic E-state index is 0.101. The number of likely N-dealkylation sites (tertiary alicyclic amines) is 1. The van der Waals surface area contributed by atoms with E-state index in [0.29, 0.717) is 30.9 Å². The van der Waals surface area contributed by atoms with Gasteiger partial charge in [-0.15, -0.1) is 11.3 Å². The first-order valence-electron chi connectivity index (χ1n) is 9.61. The third-order valence-corrected chi connectivity index (χ3v) is 6.09. The van der Waals surface area contributed by atoms with Crippen LogP contribution in [0, 0.1) is 5.92 Å². The molecule has 6 nitrogen and oxygen atoms in total. The standard InChI is InChI=1S/C21H23N3O3S/c1-2-27-21(26)15-9-6-10-24(12-15)13-18-22-19(25)16-11-17(28-20(16)23-18)14-7-4-3-5-8-14/h3-5,7-8,11,15H,2,6,9-10,12-13H2,1H3,(H,22,23,25)/t15-/m1/s1. The molecule has 146 valence electrons. The summed E-state index contributed by atoms with van der Waals surface area (Å²) in [5, 5.41) is 0.621. The van der Waals surface area contributed by atoms with E-state index in [9.17, 15) is 9.59 Å². The van der Waals surface area contributed by atoms with Gasteiger partial charge in [0, 0.05) is 11.4 Å². The summed E-state index contributed by atoms with van der Waals surface area (Å²) in [4.78, 5) is 36.2. The number of rotatable bonds is 5. The van der Waals surface area contributed by atoms with Gasteiger partial charge in [0.15, 0.2) is 0 Å². The molecule has 0 amide bonds. The Bertz CT molecular complexity index is 1030. The van der Waals surface area contributed by atoms with Crippen LogP contribution >= 0.6 is 11.3 Å². The molecule has 4 rings (SSSR count). The summed E-state index contributed by atoms with van der Waals surface area (Å²) in [6, 6.07) is 11.9. The fourth-order valence-electron chi connectivity index (χ4n) is 3.66. The van der Waals surface area contributed by atoms with E-state index < -0.39 is 0 Å². The van der Waals surface area contributed by atoms with Crippen molar-refractivity contribution in [3.63, 3.8) is 0 Å². The molecule has 0 bridgehead atoms. The third-order valence-electron chi connectivity index (χ3n) is 5.01. The summed E-state index contributed by atoms with van der Waals surface area (Å²) in [5.41, 5.74) is 0.970. The van der Waals surface area contributed by atoms with Crippen LogP contribution in [0.3, 0.4) is 0 Å². The van der Waals surface area contributed by atoms with Crippen molar-refractivity contribution in [3.05, 3.63) is 52.6 Å². The molecule has 0 saturated carbocycles. The molecular weight excluding hydrogens is 374 g/mol. The lowest BCUT2D eigenvalue weighted by atomic mass is 9.98. The molecule has 3 heterocycles. The molecule has 1 saturated heterocycles. The van der Waals surface area contributed by atoms with Gasteiger partial charge >= 0.3 is 5.97 Å². The number of thiophene rings is 1. The normalized spacial score (nSPS) is 17.7. The van der Waals surface area contributed by atoms with Crippen molar-refractivity contribution in [1.29, 1.82) is 0 Å². The summed E-state index contributed by atoms with van der Waals surface area (Å²) in [5.74, 6) is 0.411. The predicted octanol–water partition coefficient (Wildman–Crippen LogP) is 3.43. The molecular formula is C21H23N3O3S. The van der Waals surface area contributed by atoms with Crippen molar-refractivity contribution >= 4 is 27.5 Å². The maximum Gasteiger partial charge on any atom is 0.310 e. The fraction of sp³-hybridized carbons (Fsp3) is 0.381. The van der Waals surface area contributed by atoms with Gasteiger partial charge in [-0.1, -0.05) is 30.3 Å². The first-order valence-corrected chi connectivity index (χ1v) is 10.4.